The summed E-state index contributed by atoms with van der Waals surface area (Å²) in [4.78, 5) is 42.8. The van der Waals surface area contributed by atoms with Gasteiger partial charge < -0.3 is 20.1 Å². The Balaban J connectivity index is 1.99. The molecular weight excluding hydrogens is 340 g/mol. The van der Waals surface area contributed by atoms with E-state index in [4.69, 9.17) is 9.47 Å². The Bertz CT molecular complexity index is 820. The molecule has 26 heavy (non-hydrogen) atoms. The van der Waals surface area contributed by atoms with Crippen molar-refractivity contribution in [3.05, 3.63) is 42.0 Å². The summed E-state index contributed by atoms with van der Waals surface area (Å²) >= 11 is 0. The van der Waals surface area contributed by atoms with Crippen LogP contribution in [0, 0.1) is 6.92 Å². The molecule has 2 rings (SSSR count). The Morgan fingerprint density at radius 3 is 2.50 bits per heavy atom. The fourth-order valence-corrected chi connectivity index (χ4v) is 1.98. The molecule has 0 atom stereocenters. The number of aryl methyl sites for hydroxylation is 1. The maximum absolute atomic E-state index is 12.0. The van der Waals surface area contributed by atoms with E-state index in [0.717, 1.165) is 0 Å². The Kier molecular flexibility index (Phi) is 6.20. The van der Waals surface area contributed by atoms with Crippen LogP contribution >= 0.6 is 0 Å². The van der Waals surface area contributed by atoms with E-state index in [-0.39, 0.29) is 11.6 Å². The first-order chi connectivity index (χ1) is 12.4. The molecule has 0 aliphatic carbocycles. The number of aromatic nitrogens is 2. The molecule has 0 unspecified atom stereocenters. The molecule has 136 valence electrons. The van der Waals surface area contributed by atoms with Gasteiger partial charge in [0.05, 0.1) is 24.7 Å². The number of nitrogens with one attached hydrogen (secondary N) is 2. The Labute approximate surface area is 149 Å². The van der Waals surface area contributed by atoms with Gasteiger partial charge in [-0.25, -0.2) is 9.78 Å². The number of carbonyl (C=O) groups excluding carboxylic acids is 3. The monoisotopic (exact) mass is 358 g/mol. The number of hydrogen-bond donors (Lipinski definition) is 2. The first-order valence-corrected chi connectivity index (χ1v) is 7.60. The molecule has 0 aliphatic rings. The van der Waals surface area contributed by atoms with Crippen molar-refractivity contribution in [1.29, 1.82) is 0 Å². The van der Waals surface area contributed by atoms with Crippen LogP contribution in [0.5, 0.6) is 5.75 Å². The summed E-state index contributed by atoms with van der Waals surface area (Å²) in [5.74, 6) is -1.19. The van der Waals surface area contributed by atoms with E-state index in [9.17, 15) is 14.4 Å². The van der Waals surface area contributed by atoms with E-state index in [1.54, 1.807) is 19.1 Å². The third-order valence-corrected chi connectivity index (χ3v) is 3.12. The van der Waals surface area contributed by atoms with Crippen molar-refractivity contribution in [3.8, 4) is 5.75 Å². The van der Waals surface area contributed by atoms with E-state index in [1.165, 1.54) is 32.5 Å². The third kappa shape index (κ3) is 5.26. The van der Waals surface area contributed by atoms with Gasteiger partial charge in [0.2, 0.25) is 5.91 Å². The quantitative estimate of drug-likeness (QED) is 0.752. The first kappa shape index (κ1) is 18.8. The summed E-state index contributed by atoms with van der Waals surface area (Å²) in [6, 6.07) is 4.76. The third-order valence-electron chi connectivity index (χ3n) is 3.12. The zero-order valence-corrected chi connectivity index (χ0v) is 14.5. The number of ether oxygens (including phenoxy) is 2. The van der Waals surface area contributed by atoms with Crippen LogP contribution in [-0.4, -0.2) is 41.5 Å². The van der Waals surface area contributed by atoms with Crippen LogP contribution in [0.3, 0.4) is 0 Å². The van der Waals surface area contributed by atoms with E-state index < -0.39 is 18.5 Å². The average molecular weight is 358 g/mol. The zero-order valence-electron chi connectivity index (χ0n) is 14.5. The second-order valence-corrected chi connectivity index (χ2v) is 5.26. The molecule has 0 radical (unpaired) electrons. The molecule has 0 spiro atoms. The highest BCUT2D eigenvalue weighted by atomic mass is 16.5. The van der Waals surface area contributed by atoms with Crippen molar-refractivity contribution in [3.63, 3.8) is 0 Å². The van der Waals surface area contributed by atoms with Gasteiger partial charge in [0.1, 0.15) is 5.75 Å². The van der Waals surface area contributed by atoms with Gasteiger partial charge in [0, 0.05) is 18.8 Å². The largest absolute Gasteiger partial charge is 0.495 e. The van der Waals surface area contributed by atoms with Gasteiger partial charge >= 0.3 is 5.97 Å². The normalized spacial score (nSPS) is 9.96. The number of methoxy groups -OCH3 is 1. The molecule has 1 heterocycles. The van der Waals surface area contributed by atoms with Crippen molar-refractivity contribution < 1.29 is 23.9 Å². The van der Waals surface area contributed by atoms with Crippen LogP contribution in [-0.2, 0) is 14.3 Å². The standard InChI is InChI=1S/C17H18N4O5/c1-10-7-19-14(8-18-10)17(24)26-9-16(23)21-13-6-12(20-11(2)22)4-5-15(13)25-3/h4-8H,9H2,1-3H3,(H,20,22)(H,21,23). The summed E-state index contributed by atoms with van der Waals surface area (Å²) < 4.78 is 10.1. The highest BCUT2D eigenvalue weighted by Gasteiger charge is 2.14. The number of benzene rings is 1. The van der Waals surface area contributed by atoms with Gasteiger partial charge in [-0.1, -0.05) is 0 Å². The maximum Gasteiger partial charge on any atom is 0.359 e. The maximum atomic E-state index is 12.0. The van der Waals surface area contributed by atoms with Crippen molar-refractivity contribution in [2.75, 3.05) is 24.4 Å². The number of anilines is 2. The van der Waals surface area contributed by atoms with Crippen LogP contribution in [0.1, 0.15) is 23.1 Å². The molecule has 2 N–H and O–H groups in total. The highest BCUT2D eigenvalue weighted by Crippen LogP contribution is 2.27. The lowest BCUT2D eigenvalue weighted by molar-refractivity contribution is -0.119. The van der Waals surface area contributed by atoms with E-state index in [0.29, 0.717) is 22.8 Å². The van der Waals surface area contributed by atoms with Crippen molar-refractivity contribution in [2.45, 2.75) is 13.8 Å². The van der Waals surface area contributed by atoms with Gasteiger partial charge in [-0.15, -0.1) is 0 Å². The molecule has 0 saturated heterocycles. The minimum absolute atomic E-state index is 0.00800. The first-order valence-electron chi connectivity index (χ1n) is 7.60. The number of hydrogen-bond acceptors (Lipinski definition) is 7. The van der Waals surface area contributed by atoms with Crippen LogP contribution in [0.15, 0.2) is 30.6 Å². The molecule has 0 aliphatic heterocycles. The summed E-state index contributed by atoms with van der Waals surface area (Å²) in [5.41, 5.74) is 1.48. The van der Waals surface area contributed by atoms with Crippen molar-refractivity contribution in [1.82, 2.24) is 9.97 Å². The van der Waals surface area contributed by atoms with Gasteiger partial charge in [0.15, 0.2) is 12.3 Å². The number of esters is 1. The minimum Gasteiger partial charge on any atom is -0.495 e. The van der Waals surface area contributed by atoms with Gasteiger partial charge in [-0.05, 0) is 25.1 Å². The van der Waals surface area contributed by atoms with Crippen molar-refractivity contribution in [2.24, 2.45) is 0 Å². The lowest BCUT2D eigenvalue weighted by Gasteiger charge is -2.12. The minimum atomic E-state index is -0.758. The zero-order chi connectivity index (χ0) is 19.1. The van der Waals surface area contributed by atoms with Crippen molar-refractivity contribution >= 4 is 29.2 Å². The summed E-state index contributed by atoms with van der Waals surface area (Å²) in [7, 11) is 1.44. The van der Waals surface area contributed by atoms with E-state index >= 15 is 0 Å². The summed E-state index contributed by atoms with van der Waals surface area (Å²) in [5, 5.41) is 5.16. The fraction of sp³-hybridized carbons (Fsp3) is 0.235. The Morgan fingerprint density at radius 1 is 1.12 bits per heavy atom. The second-order valence-electron chi connectivity index (χ2n) is 5.26. The fourth-order valence-electron chi connectivity index (χ4n) is 1.98. The van der Waals surface area contributed by atoms with Gasteiger partial charge in [-0.3, -0.25) is 14.6 Å². The lowest BCUT2D eigenvalue weighted by Crippen LogP contribution is -2.22. The lowest BCUT2D eigenvalue weighted by atomic mass is 10.2. The smallest absolute Gasteiger partial charge is 0.359 e. The number of nitrogens with zero attached hydrogens (tertiary/aromatic N) is 2. The molecule has 2 aromatic rings. The second kappa shape index (κ2) is 8.56. The summed E-state index contributed by atoms with van der Waals surface area (Å²) in [6.07, 6.45) is 2.70. The molecule has 0 bridgehead atoms. The predicted molar refractivity (Wildman–Crippen MR) is 93.0 cm³/mol. The molecule has 2 amide bonds. The van der Waals surface area contributed by atoms with Gasteiger partial charge in [0.25, 0.3) is 5.91 Å². The predicted octanol–water partition coefficient (Wildman–Crippen LogP) is 1.55. The van der Waals surface area contributed by atoms with Crippen LogP contribution in [0.4, 0.5) is 11.4 Å². The molecular formula is C17H18N4O5. The molecule has 9 heteroatoms. The van der Waals surface area contributed by atoms with Crippen LogP contribution in [0.25, 0.3) is 0 Å². The summed E-state index contributed by atoms with van der Waals surface area (Å²) in [6.45, 7) is 2.59. The number of rotatable bonds is 6. The molecule has 1 aromatic carbocycles. The van der Waals surface area contributed by atoms with E-state index in [1.807, 2.05) is 0 Å². The average Bonchev–Trinajstić information content (AvgIpc) is 2.60. The molecule has 0 fully saturated rings. The molecule has 1 aromatic heterocycles. The molecule has 9 nitrogen and oxygen atoms in total. The van der Waals surface area contributed by atoms with E-state index in [2.05, 4.69) is 20.6 Å². The van der Waals surface area contributed by atoms with Crippen LogP contribution < -0.4 is 15.4 Å². The molecule has 0 saturated carbocycles. The Hall–Kier alpha value is -3.49. The van der Waals surface area contributed by atoms with Crippen LogP contribution in [0.2, 0.25) is 0 Å². The highest BCUT2D eigenvalue weighted by molar-refractivity contribution is 5.97. The Morgan fingerprint density at radius 2 is 1.88 bits per heavy atom. The number of amides is 2. The number of carbonyl (C=O) groups is 3. The van der Waals surface area contributed by atoms with Gasteiger partial charge in [-0.2, -0.15) is 0 Å². The SMILES string of the molecule is COc1ccc(NC(C)=O)cc1NC(=O)COC(=O)c1cnc(C)cn1. The topological polar surface area (TPSA) is 120 Å².